The van der Waals surface area contributed by atoms with Gasteiger partial charge in [0.1, 0.15) is 0 Å². The molecule has 1 aromatic heterocycles. The van der Waals surface area contributed by atoms with Gasteiger partial charge in [0.25, 0.3) is 0 Å². The maximum absolute atomic E-state index is 4.48. The van der Waals surface area contributed by atoms with Crippen molar-refractivity contribution in [1.29, 1.82) is 0 Å². The maximum atomic E-state index is 4.48. The Morgan fingerprint density at radius 1 is 1.28 bits per heavy atom. The Morgan fingerprint density at radius 3 is 2.67 bits per heavy atom. The van der Waals surface area contributed by atoms with Crippen LogP contribution < -0.4 is 5.32 Å². The molecule has 0 aliphatic rings. The Balaban J connectivity index is 1.84. The van der Waals surface area contributed by atoms with Gasteiger partial charge in [0.05, 0.1) is 5.01 Å². The van der Waals surface area contributed by atoms with E-state index in [0.29, 0.717) is 6.04 Å². The number of benzene rings is 1. The Labute approximate surface area is 113 Å². The lowest BCUT2D eigenvalue weighted by Gasteiger charge is -2.16. The van der Waals surface area contributed by atoms with Crippen LogP contribution in [0.4, 0.5) is 0 Å². The summed E-state index contributed by atoms with van der Waals surface area (Å²) >= 11 is 1.75. The summed E-state index contributed by atoms with van der Waals surface area (Å²) in [7, 11) is 0. The van der Waals surface area contributed by atoms with Crippen molar-refractivity contribution in [3.8, 4) is 0 Å². The van der Waals surface area contributed by atoms with Crippen molar-refractivity contribution in [1.82, 2.24) is 10.3 Å². The van der Waals surface area contributed by atoms with Crippen LogP contribution in [0.1, 0.15) is 35.7 Å². The summed E-state index contributed by atoms with van der Waals surface area (Å²) in [5.74, 6) is 0. The first-order chi connectivity index (χ1) is 8.79. The number of aryl methyl sites for hydroxylation is 1. The molecule has 3 heteroatoms. The molecule has 18 heavy (non-hydrogen) atoms. The highest BCUT2D eigenvalue weighted by Gasteiger charge is 2.07. The van der Waals surface area contributed by atoms with Crippen LogP contribution in [0.2, 0.25) is 0 Å². The first kappa shape index (κ1) is 13.2. The van der Waals surface area contributed by atoms with Gasteiger partial charge in [-0.3, -0.25) is 0 Å². The quantitative estimate of drug-likeness (QED) is 0.856. The monoisotopic (exact) mass is 260 g/mol. The zero-order chi connectivity index (χ0) is 12.8. The molecule has 1 N–H and O–H groups in total. The molecule has 1 atom stereocenters. The van der Waals surface area contributed by atoms with Crippen LogP contribution in [0.25, 0.3) is 0 Å². The summed E-state index contributed by atoms with van der Waals surface area (Å²) in [5.41, 5.74) is 2.50. The average molecular weight is 260 g/mol. The zero-order valence-corrected chi connectivity index (χ0v) is 11.8. The fourth-order valence-corrected chi connectivity index (χ4v) is 2.83. The first-order valence-corrected chi connectivity index (χ1v) is 7.37. The van der Waals surface area contributed by atoms with Crippen molar-refractivity contribution < 1.29 is 0 Å². The minimum absolute atomic E-state index is 0.451. The van der Waals surface area contributed by atoms with E-state index >= 15 is 0 Å². The molecule has 2 rings (SSSR count). The van der Waals surface area contributed by atoms with Gasteiger partial charge in [-0.15, -0.1) is 11.3 Å². The van der Waals surface area contributed by atoms with Gasteiger partial charge in [-0.25, -0.2) is 4.98 Å². The number of nitrogens with zero attached hydrogens (tertiary/aromatic N) is 1. The maximum Gasteiger partial charge on any atom is 0.0940 e. The lowest BCUT2D eigenvalue weighted by Crippen LogP contribution is -2.23. The van der Waals surface area contributed by atoms with Crippen LogP contribution >= 0.6 is 11.3 Å². The van der Waals surface area contributed by atoms with E-state index in [1.54, 1.807) is 11.3 Å². The molecular formula is C15H20N2S. The summed E-state index contributed by atoms with van der Waals surface area (Å²) < 4.78 is 0. The van der Waals surface area contributed by atoms with E-state index in [9.17, 15) is 0 Å². The fraction of sp³-hybridized carbons (Fsp3) is 0.400. The van der Waals surface area contributed by atoms with Gasteiger partial charge >= 0.3 is 0 Å². The molecule has 0 bridgehead atoms. The minimum Gasteiger partial charge on any atom is -0.310 e. The third-order valence-electron chi connectivity index (χ3n) is 3.01. The highest BCUT2D eigenvalue weighted by molar-refractivity contribution is 7.09. The predicted octanol–water partition coefficient (Wildman–Crippen LogP) is 3.73. The van der Waals surface area contributed by atoms with Crippen molar-refractivity contribution >= 4 is 11.3 Å². The van der Waals surface area contributed by atoms with Gasteiger partial charge in [-0.05, 0) is 18.9 Å². The number of nitrogens with one attached hydrogen (secondary N) is 1. The second-order valence-electron chi connectivity index (χ2n) is 4.46. The van der Waals surface area contributed by atoms with Gasteiger partial charge in [0.2, 0.25) is 0 Å². The number of rotatable bonds is 6. The third-order valence-corrected chi connectivity index (χ3v) is 4.03. The Kier molecular flexibility index (Phi) is 4.90. The summed E-state index contributed by atoms with van der Waals surface area (Å²) in [5, 5.41) is 6.95. The van der Waals surface area contributed by atoms with E-state index in [1.165, 1.54) is 10.6 Å². The van der Waals surface area contributed by atoms with Crippen LogP contribution in [0, 0.1) is 6.92 Å². The fourth-order valence-electron chi connectivity index (χ4n) is 2.05. The lowest BCUT2D eigenvalue weighted by atomic mass is 10.0. The molecule has 0 spiro atoms. The number of thiazole rings is 1. The van der Waals surface area contributed by atoms with Crippen molar-refractivity contribution in [3.05, 3.63) is 52.0 Å². The molecule has 2 aromatic rings. The average Bonchev–Trinajstić information content (AvgIpc) is 2.81. The topological polar surface area (TPSA) is 24.9 Å². The molecule has 2 nitrogen and oxygen atoms in total. The van der Waals surface area contributed by atoms with Crippen LogP contribution in [-0.4, -0.2) is 11.5 Å². The lowest BCUT2D eigenvalue weighted by molar-refractivity contribution is 0.522. The minimum atomic E-state index is 0.451. The predicted molar refractivity (Wildman–Crippen MR) is 78.0 cm³/mol. The summed E-state index contributed by atoms with van der Waals surface area (Å²) in [4.78, 5) is 4.48. The molecular weight excluding hydrogens is 240 g/mol. The Bertz CT molecular complexity index is 464. The normalized spacial score (nSPS) is 12.6. The smallest absolute Gasteiger partial charge is 0.0940 e. The Hall–Kier alpha value is -1.19. The molecule has 0 aliphatic carbocycles. The molecule has 1 aromatic carbocycles. The standard InChI is InChI=1S/C15H20N2S/c1-3-14(13-7-5-4-6-8-13)16-10-9-15-17-12(2)11-18-15/h4-8,11,14,16H,3,9-10H2,1-2H3. The second kappa shape index (κ2) is 6.66. The van der Waals surface area contributed by atoms with Crippen molar-refractivity contribution in [2.75, 3.05) is 6.54 Å². The molecule has 0 fully saturated rings. The highest BCUT2D eigenvalue weighted by atomic mass is 32.1. The second-order valence-corrected chi connectivity index (χ2v) is 5.40. The summed E-state index contributed by atoms with van der Waals surface area (Å²) in [6.45, 7) is 5.25. The van der Waals surface area contributed by atoms with Gasteiger partial charge in [0, 0.05) is 30.1 Å². The molecule has 0 amide bonds. The summed E-state index contributed by atoms with van der Waals surface area (Å²) in [6, 6.07) is 11.1. The molecule has 0 aliphatic heterocycles. The molecule has 1 unspecified atom stereocenters. The molecule has 1 heterocycles. The van der Waals surface area contributed by atoms with E-state index in [2.05, 4.69) is 52.9 Å². The SMILES string of the molecule is CCC(NCCc1nc(C)cs1)c1ccccc1. The first-order valence-electron chi connectivity index (χ1n) is 6.49. The molecule has 0 saturated carbocycles. The molecule has 96 valence electrons. The Morgan fingerprint density at radius 2 is 2.06 bits per heavy atom. The molecule has 0 saturated heterocycles. The zero-order valence-electron chi connectivity index (χ0n) is 11.0. The van der Waals surface area contributed by atoms with Gasteiger partial charge in [0.15, 0.2) is 0 Å². The van der Waals surface area contributed by atoms with E-state index in [4.69, 9.17) is 0 Å². The molecule has 0 radical (unpaired) electrons. The van der Waals surface area contributed by atoms with Crippen LogP contribution in [-0.2, 0) is 6.42 Å². The summed E-state index contributed by atoms with van der Waals surface area (Å²) in [6.07, 6.45) is 2.13. The van der Waals surface area contributed by atoms with Crippen molar-refractivity contribution in [2.24, 2.45) is 0 Å². The van der Waals surface area contributed by atoms with Crippen molar-refractivity contribution in [2.45, 2.75) is 32.7 Å². The van der Waals surface area contributed by atoms with Gasteiger partial charge in [-0.1, -0.05) is 37.3 Å². The van der Waals surface area contributed by atoms with Crippen LogP contribution in [0.5, 0.6) is 0 Å². The largest absolute Gasteiger partial charge is 0.310 e. The van der Waals surface area contributed by atoms with Crippen LogP contribution in [0.15, 0.2) is 35.7 Å². The number of aromatic nitrogens is 1. The van der Waals surface area contributed by atoms with Crippen LogP contribution in [0.3, 0.4) is 0 Å². The van der Waals surface area contributed by atoms with Crippen molar-refractivity contribution in [3.63, 3.8) is 0 Å². The number of hydrogen-bond acceptors (Lipinski definition) is 3. The number of hydrogen-bond donors (Lipinski definition) is 1. The van der Waals surface area contributed by atoms with E-state index in [0.717, 1.165) is 25.1 Å². The third kappa shape index (κ3) is 3.65. The van der Waals surface area contributed by atoms with Gasteiger partial charge in [-0.2, -0.15) is 0 Å². The highest BCUT2D eigenvalue weighted by Crippen LogP contribution is 2.16. The van der Waals surface area contributed by atoms with E-state index in [1.807, 2.05) is 6.92 Å². The van der Waals surface area contributed by atoms with E-state index < -0.39 is 0 Å². The van der Waals surface area contributed by atoms with Gasteiger partial charge < -0.3 is 5.32 Å². The van der Waals surface area contributed by atoms with E-state index in [-0.39, 0.29) is 0 Å².